The minimum absolute atomic E-state index is 0.00382. The lowest BCUT2D eigenvalue weighted by molar-refractivity contribution is -0.117. The van der Waals surface area contributed by atoms with Crippen LogP contribution >= 0.6 is 11.6 Å². The van der Waals surface area contributed by atoms with Crippen LogP contribution in [0.25, 0.3) is 0 Å². The zero-order valence-corrected chi connectivity index (χ0v) is 15.1. The third kappa shape index (κ3) is 3.66. The van der Waals surface area contributed by atoms with Crippen molar-refractivity contribution in [3.8, 4) is 5.75 Å². The van der Waals surface area contributed by atoms with Crippen LogP contribution in [-0.2, 0) is 14.9 Å². The molecular formula is C17H15ClN2O5S. The number of hydrogen-bond acceptors (Lipinski definition) is 5. The van der Waals surface area contributed by atoms with Gasteiger partial charge in [0, 0.05) is 23.7 Å². The zero-order chi connectivity index (χ0) is 18.9. The Bertz CT molecular complexity index is 973. The van der Waals surface area contributed by atoms with Crippen LogP contribution in [0.3, 0.4) is 0 Å². The van der Waals surface area contributed by atoms with Crippen LogP contribution in [0.2, 0.25) is 5.02 Å². The highest BCUT2D eigenvalue weighted by molar-refractivity contribution is 7.87. The number of anilines is 1. The third-order valence-electron chi connectivity index (χ3n) is 3.92. The summed E-state index contributed by atoms with van der Waals surface area (Å²) in [4.78, 5) is 24.7. The van der Waals surface area contributed by atoms with Crippen LogP contribution in [0.15, 0.2) is 47.4 Å². The van der Waals surface area contributed by atoms with Gasteiger partial charge >= 0.3 is 10.1 Å². The summed E-state index contributed by atoms with van der Waals surface area (Å²) in [6, 6.07) is 9.65. The number of hydrogen-bond donors (Lipinski definition) is 1. The summed E-state index contributed by atoms with van der Waals surface area (Å²) in [5.41, 5.74) is 5.72. The first-order valence-electron chi connectivity index (χ1n) is 7.72. The van der Waals surface area contributed by atoms with Crippen LogP contribution in [0.4, 0.5) is 5.69 Å². The molecule has 1 saturated heterocycles. The third-order valence-corrected chi connectivity index (χ3v) is 5.40. The fraction of sp³-hybridized carbons (Fsp3) is 0.176. The number of benzene rings is 2. The van der Waals surface area contributed by atoms with Crippen LogP contribution in [0.1, 0.15) is 23.2 Å². The molecule has 2 amide bonds. The first-order chi connectivity index (χ1) is 12.3. The molecule has 0 saturated carbocycles. The highest BCUT2D eigenvalue weighted by Gasteiger charge is 2.24. The SMILES string of the molecule is NC(=O)c1cc(Cl)ccc1OS(=O)(=O)c1ccc(N2CCCC2=O)cc1. The van der Waals surface area contributed by atoms with Crippen molar-refractivity contribution in [2.24, 2.45) is 5.73 Å². The van der Waals surface area contributed by atoms with Crippen molar-refractivity contribution in [2.75, 3.05) is 11.4 Å². The Balaban J connectivity index is 1.87. The largest absolute Gasteiger partial charge is 0.378 e. The predicted molar refractivity (Wildman–Crippen MR) is 95.8 cm³/mol. The molecule has 1 heterocycles. The highest BCUT2D eigenvalue weighted by atomic mass is 35.5. The van der Waals surface area contributed by atoms with Gasteiger partial charge in [-0.05, 0) is 48.9 Å². The van der Waals surface area contributed by atoms with E-state index in [1.54, 1.807) is 4.90 Å². The minimum Gasteiger partial charge on any atom is -0.378 e. The molecule has 1 aliphatic rings. The molecule has 0 spiro atoms. The van der Waals surface area contributed by atoms with E-state index in [0.29, 0.717) is 18.7 Å². The van der Waals surface area contributed by atoms with Crippen LogP contribution in [0, 0.1) is 0 Å². The van der Waals surface area contributed by atoms with Crippen LogP contribution in [-0.4, -0.2) is 26.8 Å². The molecule has 2 aromatic carbocycles. The summed E-state index contributed by atoms with van der Waals surface area (Å²) < 4.78 is 30.0. The Hall–Kier alpha value is -2.58. The highest BCUT2D eigenvalue weighted by Crippen LogP contribution is 2.27. The van der Waals surface area contributed by atoms with Gasteiger partial charge < -0.3 is 14.8 Å². The van der Waals surface area contributed by atoms with Crippen molar-refractivity contribution in [3.63, 3.8) is 0 Å². The number of nitrogens with zero attached hydrogens (tertiary/aromatic N) is 1. The van der Waals surface area contributed by atoms with Gasteiger partial charge in [-0.1, -0.05) is 11.6 Å². The lowest BCUT2D eigenvalue weighted by Gasteiger charge is -2.16. The molecular weight excluding hydrogens is 380 g/mol. The fourth-order valence-electron chi connectivity index (χ4n) is 2.65. The quantitative estimate of drug-likeness (QED) is 0.783. The van der Waals surface area contributed by atoms with Gasteiger partial charge in [-0.3, -0.25) is 9.59 Å². The second-order valence-electron chi connectivity index (χ2n) is 5.69. The number of carbonyl (C=O) groups excluding carboxylic acids is 2. The van der Waals surface area contributed by atoms with Crippen molar-refractivity contribution in [2.45, 2.75) is 17.7 Å². The first-order valence-corrected chi connectivity index (χ1v) is 9.51. The maximum atomic E-state index is 12.5. The molecule has 0 aromatic heterocycles. The normalized spacial score (nSPS) is 14.5. The molecule has 136 valence electrons. The van der Waals surface area contributed by atoms with E-state index in [1.165, 1.54) is 42.5 Å². The van der Waals surface area contributed by atoms with Gasteiger partial charge in [0.1, 0.15) is 4.90 Å². The maximum Gasteiger partial charge on any atom is 0.339 e. The molecule has 0 aliphatic carbocycles. The van der Waals surface area contributed by atoms with E-state index in [0.717, 1.165) is 6.42 Å². The Morgan fingerprint density at radius 2 is 1.85 bits per heavy atom. The molecule has 0 atom stereocenters. The summed E-state index contributed by atoms with van der Waals surface area (Å²) in [7, 11) is -4.19. The van der Waals surface area contributed by atoms with Gasteiger partial charge in [-0.15, -0.1) is 0 Å². The molecule has 2 N–H and O–H groups in total. The summed E-state index contributed by atoms with van der Waals surface area (Å²) in [5.74, 6) is -1.06. The molecule has 1 aliphatic heterocycles. The van der Waals surface area contributed by atoms with Gasteiger partial charge in [-0.25, -0.2) is 0 Å². The average molecular weight is 395 g/mol. The second kappa shape index (κ2) is 6.97. The molecule has 7 nitrogen and oxygen atoms in total. The van der Waals surface area contributed by atoms with Crippen molar-refractivity contribution < 1.29 is 22.2 Å². The van der Waals surface area contributed by atoms with E-state index < -0.39 is 16.0 Å². The van der Waals surface area contributed by atoms with Gasteiger partial charge in [0.15, 0.2) is 5.75 Å². The molecule has 2 aromatic rings. The summed E-state index contributed by atoms with van der Waals surface area (Å²) in [5, 5.41) is 0.225. The molecule has 9 heteroatoms. The molecule has 1 fully saturated rings. The van der Waals surface area contributed by atoms with Crippen molar-refractivity contribution in [1.29, 1.82) is 0 Å². The Labute approximate surface area is 155 Å². The molecule has 0 bridgehead atoms. The van der Waals surface area contributed by atoms with Crippen molar-refractivity contribution >= 4 is 39.2 Å². The zero-order valence-electron chi connectivity index (χ0n) is 13.5. The first kappa shape index (κ1) is 18.2. The van der Waals surface area contributed by atoms with E-state index in [9.17, 15) is 18.0 Å². The maximum absolute atomic E-state index is 12.5. The van der Waals surface area contributed by atoms with Gasteiger partial charge in [-0.2, -0.15) is 8.42 Å². The standard InChI is InChI=1S/C17H15ClN2O5S/c18-11-3-8-15(14(10-11)17(19)22)25-26(23,24)13-6-4-12(5-7-13)20-9-1-2-16(20)21/h3-8,10H,1-2,9H2,(H2,19,22). The van der Waals surface area contributed by atoms with Crippen LogP contribution in [0.5, 0.6) is 5.75 Å². The monoisotopic (exact) mass is 394 g/mol. The smallest absolute Gasteiger partial charge is 0.339 e. The van der Waals surface area contributed by atoms with E-state index in [2.05, 4.69) is 0 Å². The number of nitrogens with two attached hydrogens (primary N) is 1. The predicted octanol–water partition coefficient (Wildman–Crippen LogP) is 2.33. The van der Waals surface area contributed by atoms with Crippen molar-refractivity contribution in [1.82, 2.24) is 0 Å². The van der Waals surface area contributed by atoms with E-state index in [-0.39, 0.29) is 27.1 Å². The summed E-state index contributed by atoms with van der Waals surface area (Å²) >= 11 is 5.80. The number of primary amides is 1. The van der Waals surface area contributed by atoms with E-state index in [1.807, 2.05) is 0 Å². The number of carbonyl (C=O) groups is 2. The molecule has 0 unspecified atom stereocenters. The molecule has 26 heavy (non-hydrogen) atoms. The van der Waals surface area contributed by atoms with Gasteiger partial charge in [0.2, 0.25) is 5.91 Å². The van der Waals surface area contributed by atoms with Crippen LogP contribution < -0.4 is 14.8 Å². The lowest BCUT2D eigenvalue weighted by atomic mass is 10.2. The van der Waals surface area contributed by atoms with E-state index >= 15 is 0 Å². The second-order valence-corrected chi connectivity index (χ2v) is 7.67. The summed E-state index contributed by atoms with van der Waals surface area (Å²) in [6.45, 7) is 0.605. The van der Waals surface area contributed by atoms with Gasteiger partial charge in [0.25, 0.3) is 5.91 Å². The number of halogens is 1. The molecule has 3 rings (SSSR count). The average Bonchev–Trinajstić information content (AvgIpc) is 3.02. The van der Waals surface area contributed by atoms with E-state index in [4.69, 9.17) is 21.5 Å². The minimum atomic E-state index is -4.19. The Kier molecular flexibility index (Phi) is 4.88. The lowest BCUT2D eigenvalue weighted by Crippen LogP contribution is -2.23. The topological polar surface area (TPSA) is 107 Å². The molecule has 0 radical (unpaired) electrons. The Morgan fingerprint density at radius 1 is 1.15 bits per heavy atom. The number of rotatable bonds is 5. The Morgan fingerprint density at radius 3 is 2.42 bits per heavy atom. The summed E-state index contributed by atoms with van der Waals surface area (Å²) in [6.07, 6.45) is 1.25. The fourth-order valence-corrected chi connectivity index (χ4v) is 3.77. The van der Waals surface area contributed by atoms with Crippen molar-refractivity contribution in [3.05, 3.63) is 53.1 Å². The van der Waals surface area contributed by atoms with Gasteiger partial charge in [0.05, 0.1) is 5.56 Å². The number of amides is 2.